The number of hydrogen-bond donors (Lipinski definition) is 0. The predicted molar refractivity (Wildman–Crippen MR) is 103 cm³/mol. The van der Waals surface area contributed by atoms with Gasteiger partial charge in [0.15, 0.2) is 0 Å². The highest BCUT2D eigenvalue weighted by Gasteiger charge is 2.19. The molecule has 0 fully saturated rings. The zero-order chi connectivity index (χ0) is 14.8. The third-order valence-electron chi connectivity index (χ3n) is 3.57. The van der Waals surface area contributed by atoms with E-state index in [1.165, 1.54) is 26.5 Å². The van der Waals surface area contributed by atoms with E-state index in [4.69, 9.17) is 11.6 Å². The van der Waals surface area contributed by atoms with E-state index in [2.05, 4.69) is 48.7 Å². The molecule has 2 heterocycles. The molecular weight excluding hydrogens is 353 g/mol. The van der Waals surface area contributed by atoms with E-state index in [0.717, 1.165) is 23.7 Å². The summed E-state index contributed by atoms with van der Waals surface area (Å²) >= 11 is 10.0. The molecule has 0 spiro atoms. The molecule has 2 aromatic rings. The number of thioether (sulfide) groups is 1. The van der Waals surface area contributed by atoms with Gasteiger partial charge in [-0.15, -0.1) is 35.5 Å². The van der Waals surface area contributed by atoms with Gasteiger partial charge in [0.25, 0.3) is 0 Å². The van der Waals surface area contributed by atoms with E-state index < -0.39 is 0 Å². The zero-order valence-corrected chi connectivity index (χ0v) is 15.8. The Balaban J connectivity index is 0.00000176. The molecule has 0 aliphatic carbocycles. The SMILES string of the molecule is CN(C)CC/C=C1\c2cc(Cl)ccc2CSc2sccc21.Cl. The van der Waals surface area contributed by atoms with Crippen LogP contribution in [0, 0.1) is 0 Å². The first-order valence-electron chi connectivity index (χ1n) is 6.99. The fourth-order valence-corrected chi connectivity index (χ4v) is 4.80. The van der Waals surface area contributed by atoms with Crippen LogP contribution in [-0.4, -0.2) is 25.5 Å². The highest BCUT2D eigenvalue weighted by molar-refractivity contribution is 8.00. The molecule has 0 amide bonds. The smallest absolute Gasteiger partial charge is 0.0680 e. The molecule has 1 nitrogen and oxygen atoms in total. The largest absolute Gasteiger partial charge is 0.309 e. The summed E-state index contributed by atoms with van der Waals surface area (Å²) in [6.45, 7) is 1.06. The monoisotopic (exact) mass is 371 g/mol. The zero-order valence-electron chi connectivity index (χ0n) is 12.6. The molecule has 1 aromatic heterocycles. The summed E-state index contributed by atoms with van der Waals surface area (Å²) in [6.07, 6.45) is 3.42. The van der Waals surface area contributed by atoms with E-state index in [1.807, 2.05) is 29.2 Å². The number of hydrogen-bond acceptors (Lipinski definition) is 3. The van der Waals surface area contributed by atoms with E-state index in [1.54, 1.807) is 0 Å². The molecule has 0 saturated heterocycles. The van der Waals surface area contributed by atoms with Gasteiger partial charge in [-0.05, 0) is 60.8 Å². The average Bonchev–Trinajstić information content (AvgIpc) is 2.85. The molecule has 1 aliphatic heterocycles. The number of thiophene rings is 1. The fraction of sp³-hybridized carbons (Fsp3) is 0.294. The van der Waals surface area contributed by atoms with Crippen LogP contribution in [0.1, 0.15) is 23.1 Å². The van der Waals surface area contributed by atoms with E-state index >= 15 is 0 Å². The van der Waals surface area contributed by atoms with Crippen molar-refractivity contribution in [1.82, 2.24) is 4.90 Å². The Hall–Kier alpha value is -0.450. The Morgan fingerprint density at radius 1 is 1.23 bits per heavy atom. The van der Waals surface area contributed by atoms with Gasteiger partial charge in [0.1, 0.15) is 0 Å². The molecule has 0 radical (unpaired) electrons. The summed E-state index contributed by atoms with van der Waals surface area (Å²) in [5, 5.41) is 3.00. The molecule has 0 N–H and O–H groups in total. The minimum Gasteiger partial charge on any atom is -0.309 e. The van der Waals surface area contributed by atoms with Gasteiger partial charge >= 0.3 is 0 Å². The second-order valence-corrected chi connectivity index (χ2v) is 8.02. The van der Waals surface area contributed by atoms with Crippen LogP contribution in [0.15, 0.2) is 39.9 Å². The highest BCUT2D eigenvalue weighted by atomic mass is 35.5. The van der Waals surface area contributed by atoms with Crippen molar-refractivity contribution in [1.29, 1.82) is 0 Å². The second-order valence-electron chi connectivity index (χ2n) is 5.42. The van der Waals surface area contributed by atoms with Crippen molar-refractivity contribution in [3.63, 3.8) is 0 Å². The minimum absolute atomic E-state index is 0. The van der Waals surface area contributed by atoms with Crippen LogP contribution >= 0.6 is 47.1 Å². The van der Waals surface area contributed by atoms with Gasteiger partial charge in [0.2, 0.25) is 0 Å². The van der Waals surface area contributed by atoms with Crippen LogP contribution in [0.4, 0.5) is 0 Å². The van der Waals surface area contributed by atoms with Gasteiger partial charge in [-0.25, -0.2) is 0 Å². The quantitative estimate of drug-likeness (QED) is 0.669. The summed E-state index contributed by atoms with van der Waals surface area (Å²) in [7, 11) is 4.23. The Labute approximate surface area is 151 Å². The van der Waals surface area contributed by atoms with Gasteiger partial charge in [-0.1, -0.05) is 23.7 Å². The van der Waals surface area contributed by atoms with Crippen LogP contribution in [0.25, 0.3) is 5.57 Å². The van der Waals surface area contributed by atoms with Gasteiger partial charge in [0.05, 0.1) is 4.21 Å². The van der Waals surface area contributed by atoms with Crippen LogP contribution in [0.2, 0.25) is 5.02 Å². The van der Waals surface area contributed by atoms with Crippen molar-refractivity contribution < 1.29 is 0 Å². The first kappa shape index (κ1) is 17.9. The molecular formula is C17H19Cl2NS2. The van der Waals surface area contributed by atoms with Crippen LogP contribution in [0.5, 0.6) is 0 Å². The summed E-state index contributed by atoms with van der Waals surface area (Å²) in [4.78, 5) is 2.22. The molecule has 0 unspecified atom stereocenters. The Bertz CT molecular complexity index is 677. The van der Waals surface area contributed by atoms with Crippen LogP contribution < -0.4 is 0 Å². The normalized spacial score (nSPS) is 15.2. The maximum atomic E-state index is 6.24. The predicted octanol–water partition coefficient (Wildman–Crippen LogP) is 5.81. The van der Waals surface area contributed by atoms with Gasteiger partial charge in [0, 0.05) is 22.9 Å². The highest BCUT2D eigenvalue weighted by Crippen LogP contribution is 2.43. The lowest BCUT2D eigenvalue weighted by Crippen LogP contribution is -2.12. The summed E-state index contributed by atoms with van der Waals surface area (Å²) in [5.74, 6) is 1.02. The Morgan fingerprint density at radius 2 is 2.05 bits per heavy atom. The lowest BCUT2D eigenvalue weighted by atomic mass is 9.95. The number of nitrogens with zero attached hydrogens (tertiary/aromatic N) is 1. The average molecular weight is 372 g/mol. The number of fused-ring (bicyclic) bond motifs is 2. The second kappa shape index (κ2) is 7.89. The molecule has 1 aromatic carbocycles. The lowest BCUT2D eigenvalue weighted by molar-refractivity contribution is 0.417. The number of rotatable bonds is 3. The molecule has 1 aliphatic rings. The molecule has 5 heteroatoms. The van der Waals surface area contributed by atoms with Gasteiger partial charge < -0.3 is 4.90 Å². The standard InChI is InChI=1S/C17H18ClNS2.ClH/c1-19(2)8-3-4-14-15-7-9-20-17(15)21-11-12-5-6-13(18)10-16(12)14;/h4-7,9-10H,3,8,11H2,1-2H3;1H/b14-4-;. The first-order chi connectivity index (χ1) is 10.1. The summed E-state index contributed by atoms with van der Waals surface area (Å²) in [6, 6.07) is 8.52. The fourth-order valence-electron chi connectivity index (χ4n) is 2.51. The first-order valence-corrected chi connectivity index (χ1v) is 9.24. The number of halogens is 2. The third-order valence-corrected chi connectivity index (χ3v) is 6.09. The van der Waals surface area contributed by atoms with Crippen LogP contribution in [0.3, 0.4) is 0 Å². The topological polar surface area (TPSA) is 3.24 Å². The summed E-state index contributed by atoms with van der Waals surface area (Å²) < 4.78 is 1.42. The van der Waals surface area contributed by atoms with Crippen molar-refractivity contribution >= 4 is 52.7 Å². The molecule has 0 bridgehead atoms. The molecule has 3 rings (SSSR count). The summed E-state index contributed by atoms with van der Waals surface area (Å²) in [5.41, 5.74) is 5.38. The lowest BCUT2D eigenvalue weighted by Gasteiger charge is -2.12. The van der Waals surface area contributed by atoms with Gasteiger partial charge in [-0.2, -0.15) is 0 Å². The Kier molecular flexibility index (Phi) is 6.42. The van der Waals surface area contributed by atoms with Crippen molar-refractivity contribution in [2.45, 2.75) is 16.4 Å². The van der Waals surface area contributed by atoms with Crippen molar-refractivity contribution in [3.8, 4) is 0 Å². The van der Waals surface area contributed by atoms with Gasteiger partial charge in [-0.3, -0.25) is 0 Å². The maximum Gasteiger partial charge on any atom is 0.0680 e. The van der Waals surface area contributed by atoms with Crippen molar-refractivity contribution in [2.24, 2.45) is 0 Å². The van der Waals surface area contributed by atoms with E-state index in [9.17, 15) is 0 Å². The molecule has 0 atom stereocenters. The minimum atomic E-state index is 0. The van der Waals surface area contributed by atoms with E-state index in [-0.39, 0.29) is 12.4 Å². The molecule has 0 saturated carbocycles. The Morgan fingerprint density at radius 3 is 2.82 bits per heavy atom. The van der Waals surface area contributed by atoms with E-state index in [0.29, 0.717) is 0 Å². The van der Waals surface area contributed by atoms with Crippen molar-refractivity contribution in [2.75, 3.05) is 20.6 Å². The number of benzene rings is 1. The third kappa shape index (κ3) is 3.90. The van der Waals surface area contributed by atoms with Crippen molar-refractivity contribution in [3.05, 3.63) is 57.4 Å². The molecule has 22 heavy (non-hydrogen) atoms. The van der Waals surface area contributed by atoms with Crippen LogP contribution in [-0.2, 0) is 5.75 Å². The molecule has 118 valence electrons. The maximum absolute atomic E-state index is 6.24.